The van der Waals surface area contributed by atoms with E-state index >= 15 is 0 Å². The highest BCUT2D eigenvalue weighted by atomic mass is 19.1. The van der Waals surface area contributed by atoms with Crippen molar-refractivity contribution in [3.8, 4) is 11.5 Å². The number of hydrogen-bond donors (Lipinski definition) is 1. The Morgan fingerprint density at radius 3 is 2.95 bits per heavy atom. The number of aliphatic imine (C=N–C) groups is 1. The lowest BCUT2D eigenvalue weighted by Crippen LogP contribution is -2.10. The molecule has 0 unspecified atom stereocenters. The van der Waals surface area contributed by atoms with Gasteiger partial charge in [-0.15, -0.1) is 0 Å². The summed E-state index contributed by atoms with van der Waals surface area (Å²) in [7, 11) is 0. The molecule has 0 amide bonds. The van der Waals surface area contributed by atoms with Crippen molar-refractivity contribution in [1.29, 1.82) is 0 Å². The average Bonchev–Trinajstić information content (AvgIpc) is 2.44. The number of pyridine rings is 1. The number of carbonyl (C=O) groups excluding carboxylic acids is 1. The van der Waals surface area contributed by atoms with Crippen LogP contribution < -0.4 is 10.5 Å². The topological polar surface area (TPSA) is 77.6 Å². The number of nitrogen functional groups attached to an aromatic ring is 1. The van der Waals surface area contributed by atoms with Crippen LogP contribution in [0.25, 0.3) is 0 Å². The van der Waals surface area contributed by atoms with Crippen LogP contribution in [0.4, 0.5) is 15.9 Å². The smallest absolute Gasteiger partial charge is 0.178 e. The van der Waals surface area contributed by atoms with Gasteiger partial charge in [0, 0.05) is 24.2 Å². The van der Waals surface area contributed by atoms with Crippen molar-refractivity contribution in [2.45, 2.75) is 6.42 Å². The summed E-state index contributed by atoms with van der Waals surface area (Å²) >= 11 is 0. The third kappa shape index (κ3) is 2.23. The Kier molecular flexibility index (Phi) is 2.90. The number of rotatable bonds is 2. The third-order valence-electron chi connectivity index (χ3n) is 2.87. The molecule has 5 nitrogen and oxygen atoms in total. The number of nitrogens with zero attached hydrogens (tertiary/aromatic N) is 2. The fraction of sp³-hybridized carbons (Fsp3) is 0.0714. The molecule has 2 heterocycles. The molecule has 2 N–H and O–H groups in total. The fourth-order valence-electron chi connectivity index (χ4n) is 1.89. The first kappa shape index (κ1) is 12.3. The fourth-order valence-corrected chi connectivity index (χ4v) is 1.89. The lowest BCUT2D eigenvalue weighted by molar-refractivity contribution is -0.112. The van der Waals surface area contributed by atoms with Gasteiger partial charge in [-0.25, -0.2) is 14.4 Å². The van der Waals surface area contributed by atoms with E-state index in [0.717, 1.165) is 0 Å². The maximum absolute atomic E-state index is 13.4. The van der Waals surface area contributed by atoms with Gasteiger partial charge in [-0.05, 0) is 18.2 Å². The molecular weight excluding hydrogens is 261 g/mol. The first-order chi connectivity index (χ1) is 9.63. The molecular formula is C14H10FN3O2. The second-order valence-electron chi connectivity index (χ2n) is 4.30. The van der Waals surface area contributed by atoms with Crippen LogP contribution in [-0.2, 0) is 11.2 Å². The van der Waals surface area contributed by atoms with Crippen LogP contribution in [-0.4, -0.2) is 17.0 Å². The van der Waals surface area contributed by atoms with E-state index in [0.29, 0.717) is 22.9 Å². The molecule has 0 aliphatic carbocycles. The summed E-state index contributed by atoms with van der Waals surface area (Å²) in [5, 5.41) is 0. The van der Waals surface area contributed by atoms with Crippen molar-refractivity contribution in [2.75, 3.05) is 5.73 Å². The number of carbonyl (C=O) groups is 1. The average molecular weight is 271 g/mol. The van der Waals surface area contributed by atoms with Gasteiger partial charge in [0.2, 0.25) is 0 Å². The van der Waals surface area contributed by atoms with Gasteiger partial charge >= 0.3 is 0 Å². The monoisotopic (exact) mass is 271 g/mol. The van der Waals surface area contributed by atoms with Crippen LogP contribution in [0.2, 0.25) is 0 Å². The highest BCUT2D eigenvalue weighted by Crippen LogP contribution is 2.33. The van der Waals surface area contributed by atoms with Crippen molar-refractivity contribution in [2.24, 2.45) is 4.99 Å². The summed E-state index contributed by atoms with van der Waals surface area (Å²) in [5.74, 6) is 0.493. The largest absolute Gasteiger partial charge is 0.457 e. The second kappa shape index (κ2) is 4.73. The van der Waals surface area contributed by atoms with E-state index in [1.54, 1.807) is 12.1 Å². The molecule has 100 valence electrons. The van der Waals surface area contributed by atoms with Gasteiger partial charge in [0.25, 0.3) is 0 Å². The molecule has 0 bridgehead atoms. The van der Waals surface area contributed by atoms with E-state index in [1.165, 1.54) is 24.5 Å². The minimum atomic E-state index is -0.556. The SMILES string of the molecule is Nc1ccc(Oc2ccnc3c2CC(=O)C=N3)cc1F. The maximum Gasteiger partial charge on any atom is 0.178 e. The molecule has 1 aliphatic rings. The van der Waals surface area contributed by atoms with E-state index in [1.807, 2.05) is 0 Å². The summed E-state index contributed by atoms with van der Waals surface area (Å²) in [6, 6.07) is 5.78. The molecule has 3 rings (SSSR count). The summed E-state index contributed by atoms with van der Waals surface area (Å²) in [4.78, 5) is 19.4. The molecule has 2 aromatic rings. The summed E-state index contributed by atoms with van der Waals surface area (Å²) < 4.78 is 19.0. The standard InChI is InChI=1S/C14H10FN3O2/c15-11-6-9(1-2-12(11)16)20-13-3-4-17-14-10(13)5-8(19)7-18-14/h1-4,6-7H,5,16H2. The lowest BCUT2D eigenvalue weighted by atomic mass is 10.1. The molecule has 0 radical (unpaired) electrons. The summed E-state index contributed by atoms with van der Waals surface area (Å²) in [6.45, 7) is 0. The van der Waals surface area contributed by atoms with Crippen molar-refractivity contribution in [3.05, 3.63) is 41.8 Å². The Hall–Kier alpha value is -2.76. The number of halogens is 1. The van der Waals surface area contributed by atoms with Crippen LogP contribution in [0.1, 0.15) is 5.56 Å². The summed E-state index contributed by atoms with van der Waals surface area (Å²) in [6.07, 6.45) is 2.93. The molecule has 0 fully saturated rings. The molecule has 1 aromatic heterocycles. The van der Waals surface area contributed by atoms with Crippen molar-refractivity contribution >= 4 is 23.5 Å². The normalized spacial score (nSPS) is 13.2. The number of anilines is 1. The first-order valence-corrected chi connectivity index (χ1v) is 5.91. The predicted octanol–water partition coefficient (Wildman–Crippen LogP) is 2.42. The van der Waals surface area contributed by atoms with Crippen LogP contribution in [0.15, 0.2) is 35.5 Å². The lowest BCUT2D eigenvalue weighted by Gasteiger charge is -2.14. The zero-order chi connectivity index (χ0) is 14.1. The van der Waals surface area contributed by atoms with Crippen molar-refractivity contribution in [3.63, 3.8) is 0 Å². The third-order valence-corrected chi connectivity index (χ3v) is 2.87. The number of aromatic nitrogens is 1. The van der Waals surface area contributed by atoms with E-state index in [2.05, 4.69) is 9.98 Å². The van der Waals surface area contributed by atoms with E-state index in [-0.39, 0.29) is 17.9 Å². The molecule has 0 saturated heterocycles. The van der Waals surface area contributed by atoms with E-state index < -0.39 is 5.82 Å². The number of fused-ring (bicyclic) bond motifs is 1. The molecule has 0 spiro atoms. The minimum Gasteiger partial charge on any atom is -0.457 e. The molecule has 0 saturated carbocycles. The van der Waals surface area contributed by atoms with Crippen LogP contribution in [0.3, 0.4) is 0 Å². The molecule has 20 heavy (non-hydrogen) atoms. The molecule has 0 atom stereocenters. The second-order valence-corrected chi connectivity index (χ2v) is 4.30. The summed E-state index contributed by atoms with van der Waals surface area (Å²) in [5.41, 5.74) is 6.05. The van der Waals surface area contributed by atoms with Gasteiger partial charge in [0.15, 0.2) is 11.6 Å². The van der Waals surface area contributed by atoms with E-state index in [9.17, 15) is 9.18 Å². The van der Waals surface area contributed by atoms with Gasteiger partial charge in [-0.3, -0.25) is 4.79 Å². The van der Waals surface area contributed by atoms with Gasteiger partial charge in [0.1, 0.15) is 17.3 Å². The Morgan fingerprint density at radius 1 is 1.30 bits per heavy atom. The maximum atomic E-state index is 13.4. The molecule has 1 aliphatic heterocycles. The molecule has 6 heteroatoms. The van der Waals surface area contributed by atoms with Gasteiger partial charge in [-0.2, -0.15) is 0 Å². The van der Waals surface area contributed by atoms with E-state index in [4.69, 9.17) is 10.5 Å². The number of benzene rings is 1. The van der Waals surface area contributed by atoms with Crippen LogP contribution >= 0.6 is 0 Å². The van der Waals surface area contributed by atoms with Crippen LogP contribution in [0.5, 0.6) is 11.5 Å². The number of Topliss-reactive ketones (excluding diaryl/α,β-unsaturated/α-hetero) is 1. The number of ketones is 1. The zero-order valence-corrected chi connectivity index (χ0v) is 10.3. The predicted molar refractivity (Wildman–Crippen MR) is 72.0 cm³/mol. The van der Waals surface area contributed by atoms with Crippen LogP contribution in [0, 0.1) is 5.82 Å². The quantitative estimate of drug-likeness (QED) is 0.851. The highest BCUT2D eigenvalue weighted by molar-refractivity contribution is 6.29. The Bertz CT molecular complexity index is 728. The van der Waals surface area contributed by atoms with Gasteiger partial charge < -0.3 is 10.5 Å². The Balaban J connectivity index is 1.97. The Labute approximate surface area is 113 Å². The highest BCUT2D eigenvalue weighted by Gasteiger charge is 2.18. The van der Waals surface area contributed by atoms with Gasteiger partial charge in [-0.1, -0.05) is 0 Å². The first-order valence-electron chi connectivity index (χ1n) is 5.91. The Morgan fingerprint density at radius 2 is 2.15 bits per heavy atom. The van der Waals surface area contributed by atoms with Crippen molar-refractivity contribution in [1.82, 2.24) is 4.98 Å². The van der Waals surface area contributed by atoms with Gasteiger partial charge in [0.05, 0.1) is 11.9 Å². The minimum absolute atomic E-state index is 0.0499. The van der Waals surface area contributed by atoms with Crippen molar-refractivity contribution < 1.29 is 13.9 Å². The molecule has 1 aromatic carbocycles. The number of nitrogens with two attached hydrogens (primary N) is 1. The number of ether oxygens (including phenoxy) is 1. The number of hydrogen-bond acceptors (Lipinski definition) is 5. The zero-order valence-electron chi connectivity index (χ0n) is 10.3.